The molecule has 2 aromatic heterocycles. The van der Waals surface area contributed by atoms with Gasteiger partial charge in [0.1, 0.15) is 5.69 Å². The number of aromatic amines is 2. The Morgan fingerprint density at radius 1 is 1.29 bits per heavy atom. The van der Waals surface area contributed by atoms with Gasteiger partial charge in [0.2, 0.25) is 0 Å². The molecule has 5 nitrogen and oxygen atoms in total. The summed E-state index contributed by atoms with van der Waals surface area (Å²) in [5, 5.41) is 11.2. The topological polar surface area (TPSA) is 74.4 Å². The van der Waals surface area contributed by atoms with Crippen LogP contribution in [0.4, 0.5) is 0 Å². The fraction of sp³-hybridized carbons (Fsp3) is 0.0833. The van der Waals surface area contributed by atoms with E-state index in [4.69, 9.17) is 0 Å². The van der Waals surface area contributed by atoms with Crippen molar-refractivity contribution >= 4 is 17.2 Å². The van der Waals surface area contributed by atoms with E-state index in [1.165, 1.54) is 0 Å². The maximum Gasteiger partial charge on any atom is 0.169 e. The average Bonchev–Trinajstić information content (AvgIpc) is 2.94. The third-order valence-electron chi connectivity index (χ3n) is 2.71. The van der Waals surface area contributed by atoms with E-state index >= 15 is 0 Å². The highest BCUT2D eigenvalue weighted by molar-refractivity contribution is 5.80. The number of para-hydroxylation sites is 1. The summed E-state index contributed by atoms with van der Waals surface area (Å²) < 4.78 is 0. The van der Waals surface area contributed by atoms with Gasteiger partial charge in [-0.05, 0) is 17.5 Å². The van der Waals surface area contributed by atoms with E-state index in [-0.39, 0.29) is 0 Å². The van der Waals surface area contributed by atoms with E-state index in [2.05, 4.69) is 26.5 Å². The number of aldehydes is 1. The zero-order chi connectivity index (χ0) is 11.7. The lowest BCUT2D eigenvalue weighted by atomic mass is 10.2. The number of carbonyl (C=O) groups excluding carboxylic acids is 1. The maximum atomic E-state index is 10.7. The first-order chi connectivity index (χ1) is 8.36. The molecular weight excluding hydrogens is 216 g/mol. The molecule has 0 atom stereocenters. The van der Waals surface area contributed by atoms with Gasteiger partial charge in [-0.1, -0.05) is 23.4 Å². The van der Waals surface area contributed by atoms with Crippen LogP contribution in [0.3, 0.4) is 0 Å². The van der Waals surface area contributed by atoms with E-state index in [0.29, 0.717) is 17.8 Å². The number of aromatic nitrogens is 4. The van der Waals surface area contributed by atoms with Crippen LogP contribution >= 0.6 is 0 Å². The summed E-state index contributed by atoms with van der Waals surface area (Å²) >= 11 is 0. The molecule has 5 heteroatoms. The normalized spacial score (nSPS) is 10.8. The Labute approximate surface area is 96.9 Å². The van der Waals surface area contributed by atoms with Gasteiger partial charge in [-0.25, -0.2) is 0 Å². The zero-order valence-electron chi connectivity index (χ0n) is 8.97. The molecule has 0 amide bonds. The van der Waals surface area contributed by atoms with Gasteiger partial charge in [-0.15, -0.1) is 5.10 Å². The van der Waals surface area contributed by atoms with Crippen LogP contribution in [0.2, 0.25) is 0 Å². The summed E-state index contributed by atoms with van der Waals surface area (Å²) in [4.78, 5) is 14.0. The van der Waals surface area contributed by atoms with Crippen molar-refractivity contribution < 1.29 is 4.79 Å². The highest BCUT2D eigenvalue weighted by Gasteiger charge is 2.08. The van der Waals surface area contributed by atoms with Gasteiger partial charge in [0.25, 0.3) is 0 Å². The Morgan fingerprint density at radius 3 is 3.00 bits per heavy atom. The number of benzene rings is 1. The van der Waals surface area contributed by atoms with Gasteiger partial charge in [0, 0.05) is 17.6 Å². The minimum Gasteiger partial charge on any atom is -0.358 e. The van der Waals surface area contributed by atoms with Gasteiger partial charge >= 0.3 is 0 Å². The highest BCUT2D eigenvalue weighted by Crippen LogP contribution is 2.16. The van der Waals surface area contributed by atoms with Crippen LogP contribution in [0.1, 0.15) is 21.9 Å². The molecule has 0 saturated heterocycles. The summed E-state index contributed by atoms with van der Waals surface area (Å²) in [6.45, 7) is 0. The monoisotopic (exact) mass is 226 g/mol. The molecule has 3 aromatic rings. The quantitative estimate of drug-likeness (QED) is 0.667. The molecule has 17 heavy (non-hydrogen) atoms. The first-order valence-electron chi connectivity index (χ1n) is 5.28. The van der Waals surface area contributed by atoms with Crippen molar-refractivity contribution in [1.29, 1.82) is 0 Å². The van der Waals surface area contributed by atoms with Gasteiger partial charge in [0.15, 0.2) is 6.29 Å². The standard InChI is InChI=1S/C12H10N4O/c17-7-12-11(14-16-15-12)6-9-5-8-3-1-2-4-10(8)13-9/h1-5,7,13H,6H2,(H,14,15,16). The van der Waals surface area contributed by atoms with Crippen molar-refractivity contribution in [3.8, 4) is 0 Å². The minimum atomic E-state index is 0.434. The summed E-state index contributed by atoms with van der Waals surface area (Å²) in [6, 6.07) is 10.1. The number of hydrogen-bond acceptors (Lipinski definition) is 3. The minimum absolute atomic E-state index is 0.434. The molecule has 3 rings (SSSR count). The molecule has 0 spiro atoms. The third kappa shape index (κ3) is 1.71. The second-order valence-corrected chi connectivity index (χ2v) is 3.85. The largest absolute Gasteiger partial charge is 0.358 e. The predicted molar refractivity (Wildman–Crippen MR) is 62.9 cm³/mol. The molecule has 0 aliphatic heterocycles. The molecule has 0 aliphatic carbocycles. The molecule has 0 bridgehead atoms. The van der Waals surface area contributed by atoms with Crippen molar-refractivity contribution in [2.75, 3.05) is 0 Å². The molecule has 2 heterocycles. The van der Waals surface area contributed by atoms with Gasteiger partial charge in [0.05, 0.1) is 5.69 Å². The smallest absolute Gasteiger partial charge is 0.169 e. The highest BCUT2D eigenvalue weighted by atomic mass is 16.1. The SMILES string of the molecule is O=Cc1[nH]nnc1Cc1cc2ccccc2[nH]1. The van der Waals surface area contributed by atoms with Crippen molar-refractivity contribution in [3.05, 3.63) is 47.4 Å². The summed E-state index contributed by atoms with van der Waals surface area (Å²) in [6.07, 6.45) is 1.30. The summed E-state index contributed by atoms with van der Waals surface area (Å²) in [5.74, 6) is 0. The van der Waals surface area contributed by atoms with Gasteiger partial charge in [-0.3, -0.25) is 9.89 Å². The lowest BCUT2D eigenvalue weighted by Crippen LogP contribution is -1.93. The van der Waals surface area contributed by atoms with Crippen LogP contribution in [-0.2, 0) is 6.42 Å². The number of carbonyl (C=O) groups is 1. The molecule has 0 radical (unpaired) electrons. The van der Waals surface area contributed by atoms with Crippen molar-refractivity contribution in [1.82, 2.24) is 20.4 Å². The average molecular weight is 226 g/mol. The van der Waals surface area contributed by atoms with Crippen LogP contribution in [-0.4, -0.2) is 26.7 Å². The van der Waals surface area contributed by atoms with Crippen LogP contribution in [0.15, 0.2) is 30.3 Å². The third-order valence-corrected chi connectivity index (χ3v) is 2.71. The number of nitrogens with one attached hydrogen (secondary N) is 2. The molecule has 0 unspecified atom stereocenters. The number of hydrogen-bond donors (Lipinski definition) is 2. The van der Waals surface area contributed by atoms with E-state index < -0.39 is 0 Å². The maximum absolute atomic E-state index is 10.7. The fourth-order valence-corrected chi connectivity index (χ4v) is 1.89. The number of nitrogens with zero attached hydrogens (tertiary/aromatic N) is 2. The Balaban J connectivity index is 1.97. The Hall–Kier alpha value is -2.43. The van der Waals surface area contributed by atoms with Gasteiger partial charge < -0.3 is 4.98 Å². The second kappa shape index (κ2) is 3.86. The molecular formula is C12H10N4O. The number of H-pyrrole nitrogens is 2. The molecule has 2 N–H and O–H groups in total. The Bertz CT molecular complexity index is 635. The molecule has 0 saturated carbocycles. The predicted octanol–water partition coefficient (Wildman–Crippen LogP) is 1.69. The van der Waals surface area contributed by atoms with E-state index in [1.807, 2.05) is 24.3 Å². The first-order valence-corrected chi connectivity index (χ1v) is 5.28. The van der Waals surface area contributed by atoms with E-state index in [0.717, 1.165) is 22.9 Å². The van der Waals surface area contributed by atoms with E-state index in [9.17, 15) is 4.79 Å². The first kappa shape index (κ1) is 9.77. The van der Waals surface area contributed by atoms with Crippen molar-refractivity contribution in [3.63, 3.8) is 0 Å². The van der Waals surface area contributed by atoms with Crippen LogP contribution in [0.5, 0.6) is 0 Å². The molecule has 84 valence electrons. The Kier molecular flexibility index (Phi) is 2.22. The fourth-order valence-electron chi connectivity index (χ4n) is 1.89. The molecule has 0 fully saturated rings. The summed E-state index contributed by atoms with van der Waals surface area (Å²) in [7, 11) is 0. The van der Waals surface area contributed by atoms with Gasteiger partial charge in [-0.2, -0.15) is 0 Å². The van der Waals surface area contributed by atoms with Crippen LogP contribution < -0.4 is 0 Å². The lowest BCUT2D eigenvalue weighted by molar-refractivity contribution is 0.111. The van der Waals surface area contributed by atoms with Crippen molar-refractivity contribution in [2.24, 2.45) is 0 Å². The van der Waals surface area contributed by atoms with E-state index in [1.54, 1.807) is 0 Å². The second-order valence-electron chi connectivity index (χ2n) is 3.85. The van der Waals surface area contributed by atoms with Crippen molar-refractivity contribution in [2.45, 2.75) is 6.42 Å². The number of fused-ring (bicyclic) bond motifs is 1. The van der Waals surface area contributed by atoms with Crippen LogP contribution in [0, 0.1) is 0 Å². The lowest BCUT2D eigenvalue weighted by Gasteiger charge is -1.93. The van der Waals surface area contributed by atoms with Crippen LogP contribution in [0.25, 0.3) is 10.9 Å². The summed E-state index contributed by atoms with van der Waals surface area (Å²) in [5.41, 5.74) is 3.19. The molecule has 1 aromatic carbocycles. The Morgan fingerprint density at radius 2 is 2.18 bits per heavy atom. The number of rotatable bonds is 3. The molecule has 0 aliphatic rings. The zero-order valence-corrected chi connectivity index (χ0v) is 8.97.